The lowest BCUT2D eigenvalue weighted by atomic mass is 10.1. The van der Waals surface area contributed by atoms with Crippen molar-refractivity contribution in [1.29, 1.82) is 0 Å². The number of ether oxygens (including phenoxy) is 1. The van der Waals surface area contributed by atoms with Gasteiger partial charge in [-0.1, -0.05) is 30.3 Å². The molecule has 0 radical (unpaired) electrons. The van der Waals surface area contributed by atoms with Gasteiger partial charge in [-0.15, -0.1) is 0 Å². The van der Waals surface area contributed by atoms with E-state index >= 15 is 0 Å². The summed E-state index contributed by atoms with van der Waals surface area (Å²) >= 11 is 0. The predicted molar refractivity (Wildman–Crippen MR) is 94.5 cm³/mol. The van der Waals surface area contributed by atoms with E-state index in [0.717, 1.165) is 29.0 Å². The topological polar surface area (TPSA) is 53.1 Å². The zero-order valence-electron chi connectivity index (χ0n) is 13.7. The van der Waals surface area contributed by atoms with E-state index in [1.807, 2.05) is 18.2 Å². The van der Waals surface area contributed by atoms with Crippen LogP contribution >= 0.6 is 0 Å². The number of imidazole rings is 1. The molecule has 1 aromatic heterocycles. The lowest BCUT2D eigenvalue weighted by Crippen LogP contribution is -2.13. The molecule has 1 heterocycles. The molecule has 0 bridgehead atoms. The molecule has 4 heteroatoms. The molecule has 0 amide bonds. The van der Waals surface area contributed by atoms with Gasteiger partial charge in [0.25, 0.3) is 0 Å². The predicted octanol–water partition coefficient (Wildman–Crippen LogP) is 3.30. The third-order valence-corrected chi connectivity index (χ3v) is 4.12. The third-order valence-electron chi connectivity index (χ3n) is 4.12. The summed E-state index contributed by atoms with van der Waals surface area (Å²) in [6.07, 6.45) is 0. The summed E-state index contributed by atoms with van der Waals surface area (Å²) in [4.78, 5) is 4.87. The number of hydrogen-bond donors (Lipinski definition) is 1. The van der Waals surface area contributed by atoms with E-state index in [1.165, 1.54) is 11.1 Å². The van der Waals surface area contributed by atoms with E-state index in [-0.39, 0.29) is 0 Å². The van der Waals surface area contributed by atoms with E-state index < -0.39 is 0 Å². The number of fused-ring (bicyclic) bond motifs is 1. The summed E-state index contributed by atoms with van der Waals surface area (Å²) in [7, 11) is 0. The highest BCUT2D eigenvalue weighted by molar-refractivity contribution is 5.82. The van der Waals surface area contributed by atoms with Crippen LogP contribution in [0, 0.1) is 13.8 Å². The van der Waals surface area contributed by atoms with E-state index in [2.05, 4.69) is 42.7 Å². The van der Waals surface area contributed by atoms with Gasteiger partial charge in [0, 0.05) is 18.7 Å². The fourth-order valence-corrected chi connectivity index (χ4v) is 2.76. The molecule has 2 aromatic carbocycles. The van der Waals surface area contributed by atoms with Gasteiger partial charge in [-0.2, -0.15) is 0 Å². The molecule has 0 aliphatic rings. The Labute approximate surface area is 136 Å². The Hall–Kier alpha value is -2.17. The second-order valence-corrected chi connectivity index (χ2v) is 5.78. The maximum absolute atomic E-state index is 5.58. The van der Waals surface area contributed by atoms with Gasteiger partial charge < -0.3 is 15.0 Å². The monoisotopic (exact) mass is 309 g/mol. The van der Waals surface area contributed by atoms with Crippen molar-refractivity contribution in [3.8, 4) is 11.4 Å². The molecule has 0 fully saturated rings. The molecule has 0 aliphatic carbocycles. The second-order valence-electron chi connectivity index (χ2n) is 5.78. The zero-order chi connectivity index (χ0) is 16.2. The molecule has 0 unspecified atom stereocenters. The van der Waals surface area contributed by atoms with Crippen molar-refractivity contribution in [2.45, 2.75) is 20.4 Å². The van der Waals surface area contributed by atoms with Crippen LogP contribution in [0.15, 0.2) is 42.5 Å². The summed E-state index contributed by atoms with van der Waals surface area (Å²) in [5.41, 5.74) is 11.3. The third kappa shape index (κ3) is 3.28. The van der Waals surface area contributed by atoms with Crippen molar-refractivity contribution in [2.24, 2.45) is 5.73 Å². The highest BCUT2D eigenvalue weighted by atomic mass is 16.5. The largest absolute Gasteiger partial charge is 0.378 e. The van der Waals surface area contributed by atoms with Gasteiger partial charge >= 0.3 is 0 Å². The zero-order valence-corrected chi connectivity index (χ0v) is 13.7. The number of hydrogen-bond acceptors (Lipinski definition) is 3. The fraction of sp³-hybridized carbons (Fsp3) is 0.316. The van der Waals surface area contributed by atoms with Crippen LogP contribution in [0.2, 0.25) is 0 Å². The first kappa shape index (κ1) is 15.7. The summed E-state index contributed by atoms with van der Waals surface area (Å²) in [5, 5.41) is 0. The normalized spacial score (nSPS) is 11.3. The SMILES string of the molecule is Cc1cc2nc(-c3ccccc3)n(CCOCCN)c2cc1C. The Morgan fingerprint density at radius 1 is 1.04 bits per heavy atom. The summed E-state index contributed by atoms with van der Waals surface area (Å²) in [6.45, 7) is 6.80. The number of nitrogens with zero attached hydrogens (tertiary/aromatic N) is 2. The molecule has 0 saturated heterocycles. The first-order chi connectivity index (χ1) is 11.2. The van der Waals surface area contributed by atoms with Crippen molar-refractivity contribution in [3.63, 3.8) is 0 Å². The molecule has 23 heavy (non-hydrogen) atoms. The van der Waals surface area contributed by atoms with Crippen LogP contribution < -0.4 is 5.73 Å². The molecule has 0 saturated carbocycles. The minimum Gasteiger partial charge on any atom is -0.378 e. The molecular formula is C19H23N3O. The maximum Gasteiger partial charge on any atom is 0.141 e. The van der Waals surface area contributed by atoms with E-state index in [1.54, 1.807) is 0 Å². The molecule has 0 aliphatic heterocycles. The Morgan fingerprint density at radius 3 is 2.52 bits per heavy atom. The van der Waals surface area contributed by atoms with Crippen LogP contribution in [0.25, 0.3) is 22.4 Å². The van der Waals surface area contributed by atoms with Gasteiger partial charge in [-0.05, 0) is 37.1 Å². The Balaban J connectivity index is 2.06. The van der Waals surface area contributed by atoms with Gasteiger partial charge in [-0.3, -0.25) is 0 Å². The molecule has 2 N–H and O–H groups in total. The standard InChI is InChI=1S/C19H23N3O/c1-14-12-17-18(13-15(14)2)22(9-11-23-10-8-20)19(21-17)16-6-4-3-5-7-16/h3-7,12-13H,8-11,20H2,1-2H3. The van der Waals surface area contributed by atoms with Crippen molar-refractivity contribution in [2.75, 3.05) is 19.8 Å². The number of nitrogens with two attached hydrogens (primary N) is 1. The number of aromatic nitrogens is 2. The lowest BCUT2D eigenvalue weighted by Gasteiger charge is -2.10. The summed E-state index contributed by atoms with van der Waals surface area (Å²) in [6, 6.07) is 14.7. The Bertz CT molecular complexity index is 793. The number of rotatable bonds is 6. The molecule has 0 atom stereocenters. The van der Waals surface area contributed by atoms with Crippen molar-refractivity contribution in [1.82, 2.24) is 9.55 Å². The first-order valence-electron chi connectivity index (χ1n) is 8.01. The number of aryl methyl sites for hydroxylation is 2. The maximum atomic E-state index is 5.58. The van der Waals surface area contributed by atoms with Gasteiger partial charge in [0.1, 0.15) is 5.82 Å². The van der Waals surface area contributed by atoms with E-state index in [4.69, 9.17) is 15.5 Å². The lowest BCUT2D eigenvalue weighted by molar-refractivity contribution is 0.134. The van der Waals surface area contributed by atoms with Crippen LogP contribution in [0.5, 0.6) is 0 Å². The van der Waals surface area contributed by atoms with Gasteiger partial charge in [-0.25, -0.2) is 4.98 Å². The van der Waals surface area contributed by atoms with Gasteiger partial charge in [0.2, 0.25) is 0 Å². The molecule has 4 nitrogen and oxygen atoms in total. The van der Waals surface area contributed by atoms with Crippen LogP contribution in [0.3, 0.4) is 0 Å². The van der Waals surface area contributed by atoms with Crippen LogP contribution in [0.1, 0.15) is 11.1 Å². The molecule has 3 aromatic rings. The smallest absolute Gasteiger partial charge is 0.141 e. The second kappa shape index (κ2) is 6.94. The van der Waals surface area contributed by atoms with Crippen molar-refractivity contribution < 1.29 is 4.74 Å². The van der Waals surface area contributed by atoms with Crippen LogP contribution in [-0.4, -0.2) is 29.3 Å². The summed E-state index contributed by atoms with van der Waals surface area (Å²) < 4.78 is 7.82. The Morgan fingerprint density at radius 2 is 1.78 bits per heavy atom. The minimum atomic E-state index is 0.550. The molecular weight excluding hydrogens is 286 g/mol. The fourth-order valence-electron chi connectivity index (χ4n) is 2.76. The van der Waals surface area contributed by atoms with Crippen molar-refractivity contribution >= 4 is 11.0 Å². The average molecular weight is 309 g/mol. The Kier molecular flexibility index (Phi) is 4.74. The molecule has 3 rings (SSSR count). The van der Waals surface area contributed by atoms with E-state index in [0.29, 0.717) is 19.8 Å². The highest BCUT2D eigenvalue weighted by Crippen LogP contribution is 2.26. The quantitative estimate of drug-likeness (QED) is 0.711. The number of benzene rings is 2. The average Bonchev–Trinajstić information content (AvgIpc) is 2.91. The van der Waals surface area contributed by atoms with Gasteiger partial charge in [0.15, 0.2) is 0 Å². The van der Waals surface area contributed by atoms with Crippen molar-refractivity contribution in [3.05, 3.63) is 53.6 Å². The first-order valence-corrected chi connectivity index (χ1v) is 8.01. The summed E-state index contributed by atoms with van der Waals surface area (Å²) in [5.74, 6) is 0.988. The van der Waals surface area contributed by atoms with E-state index in [9.17, 15) is 0 Å². The highest BCUT2D eigenvalue weighted by Gasteiger charge is 2.13. The molecule has 0 spiro atoms. The minimum absolute atomic E-state index is 0.550. The van der Waals surface area contributed by atoms with Gasteiger partial charge in [0.05, 0.1) is 24.2 Å². The molecule has 120 valence electrons. The van der Waals surface area contributed by atoms with Crippen LogP contribution in [-0.2, 0) is 11.3 Å². The van der Waals surface area contributed by atoms with Crippen LogP contribution in [0.4, 0.5) is 0 Å².